The van der Waals surface area contributed by atoms with Crippen LogP contribution in [0.15, 0.2) is 24.3 Å². The minimum Gasteiger partial charge on any atom is -0.497 e. The van der Waals surface area contributed by atoms with Gasteiger partial charge in [-0.05, 0) is 38.5 Å². The molecule has 0 amide bonds. The van der Waals surface area contributed by atoms with E-state index in [0.29, 0.717) is 5.57 Å². The Hall–Kier alpha value is -1.24. The summed E-state index contributed by atoms with van der Waals surface area (Å²) in [7, 11) is -2.20. The summed E-state index contributed by atoms with van der Waals surface area (Å²) in [4.78, 5) is 2.20. The number of ether oxygens (including phenoxy) is 1. The van der Waals surface area contributed by atoms with Crippen LogP contribution in [-0.2, 0) is 13.9 Å². The number of rotatable bonds is 5. The van der Waals surface area contributed by atoms with Gasteiger partial charge in [0.1, 0.15) is 11.5 Å². The highest BCUT2D eigenvalue weighted by Gasteiger charge is 2.33. The van der Waals surface area contributed by atoms with Crippen LogP contribution < -0.4 is 9.64 Å². The maximum Gasteiger partial charge on any atom is 0.287 e. The lowest BCUT2D eigenvalue weighted by Gasteiger charge is -2.43. The molecule has 0 saturated carbocycles. The van der Waals surface area contributed by atoms with Crippen molar-refractivity contribution < 1.29 is 16.9 Å². The van der Waals surface area contributed by atoms with Gasteiger partial charge in [0.15, 0.2) is 0 Å². The molecule has 122 valence electrons. The summed E-state index contributed by atoms with van der Waals surface area (Å²) >= 11 is 5.07. The minimum atomic E-state index is -3.80. The van der Waals surface area contributed by atoms with Crippen LogP contribution in [0.25, 0.3) is 5.57 Å². The second-order valence-corrected chi connectivity index (χ2v) is 7.62. The van der Waals surface area contributed by atoms with Crippen LogP contribution in [0.2, 0.25) is 0 Å². The zero-order valence-corrected chi connectivity index (χ0v) is 14.7. The summed E-state index contributed by atoms with van der Waals surface area (Å²) in [6.45, 7) is 6.92. The van der Waals surface area contributed by atoms with E-state index in [1.807, 2.05) is 38.1 Å². The molecule has 0 N–H and O–H groups in total. The molecule has 0 bridgehead atoms. The molecule has 0 unspecified atom stereocenters. The maximum atomic E-state index is 11.7. The third kappa shape index (κ3) is 3.24. The topological polar surface area (TPSA) is 55.8 Å². The highest BCUT2D eigenvalue weighted by Crippen LogP contribution is 2.41. The Balaban J connectivity index is 2.60. The molecule has 0 saturated heterocycles. The molecule has 0 spiro atoms. The van der Waals surface area contributed by atoms with Gasteiger partial charge in [0.2, 0.25) is 0 Å². The van der Waals surface area contributed by atoms with Crippen LogP contribution >= 0.6 is 11.9 Å². The van der Waals surface area contributed by atoms with Gasteiger partial charge < -0.3 is 9.64 Å². The average molecular weight is 346 g/mol. The van der Waals surface area contributed by atoms with E-state index in [2.05, 4.69) is 15.6 Å². The van der Waals surface area contributed by atoms with Crippen LogP contribution in [0.1, 0.15) is 26.3 Å². The lowest BCUT2D eigenvalue weighted by Crippen LogP contribution is -2.45. The van der Waals surface area contributed by atoms with Crippen molar-refractivity contribution in [1.29, 1.82) is 0 Å². The van der Waals surface area contributed by atoms with Gasteiger partial charge in [-0.25, -0.2) is 0 Å². The first kappa shape index (κ1) is 17.1. The Labute approximate surface area is 136 Å². The van der Waals surface area contributed by atoms with Crippen molar-refractivity contribution in [2.45, 2.75) is 26.3 Å². The van der Waals surface area contributed by atoms with Crippen LogP contribution in [0, 0.1) is 0 Å². The van der Waals surface area contributed by atoms with Crippen molar-refractivity contribution in [2.75, 3.05) is 24.3 Å². The second kappa shape index (κ2) is 6.10. The third-order valence-electron chi connectivity index (χ3n) is 3.81. The van der Waals surface area contributed by atoms with Gasteiger partial charge in [0.25, 0.3) is 10.1 Å². The van der Waals surface area contributed by atoms with Crippen LogP contribution in [0.5, 0.6) is 5.75 Å². The molecule has 0 aliphatic carbocycles. The molecule has 1 aromatic rings. The van der Waals surface area contributed by atoms with Crippen LogP contribution in [-0.4, -0.2) is 33.4 Å². The molecule has 0 atom stereocenters. The van der Waals surface area contributed by atoms with Gasteiger partial charge in [-0.15, -0.1) is 0 Å². The fourth-order valence-corrected chi connectivity index (χ4v) is 3.73. The molecule has 1 aliphatic heterocycles. The molecule has 0 aromatic heterocycles. The number of benzene rings is 1. The number of hydrogen-bond acceptors (Lipinski definition) is 5. The number of nitrogens with zero attached hydrogens (tertiary/aromatic N) is 1. The van der Waals surface area contributed by atoms with E-state index in [1.54, 1.807) is 7.11 Å². The van der Waals surface area contributed by atoms with Crippen molar-refractivity contribution in [3.63, 3.8) is 0 Å². The summed E-state index contributed by atoms with van der Waals surface area (Å²) in [6.07, 6.45) is 1.94. The first-order chi connectivity index (χ1) is 10.2. The van der Waals surface area contributed by atoms with E-state index in [1.165, 1.54) is 0 Å². The van der Waals surface area contributed by atoms with E-state index in [4.69, 9.17) is 16.6 Å². The predicted molar refractivity (Wildman–Crippen MR) is 88.8 cm³/mol. The monoisotopic (exact) mass is 345 g/mol. The summed E-state index contributed by atoms with van der Waals surface area (Å²) < 4.78 is 32.8. The predicted octanol–water partition coefficient (Wildman–Crippen LogP) is 3.20. The molecule has 5 nitrogen and oxygen atoms in total. The standard InChI is InChI=1S/C15H20ClNO4S/c1-5-17-14-8-12(20-4)6-7-13(14)11(9-15(17,2)3)10-22(18,19)21-16/h6-9H,5,10H2,1-4H3. The third-order valence-corrected chi connectivity index (χ3v) is 5.24. The van der Waals surface area contributed by atoms with Crippen LogP contribution in [0.4, 0.5) is 5.69 Å². The largest absolute Gasteiger partial charge is 0.497 e. The molecule has 0 fully saturated rings. The summed E-state index contributed by atoms with van der Waals surface area (Å²) in [5.41, 5.74) is 2.13. The smallest absolute Gasteiger partial charge is 0.287 e. The fourth-order valence-electron chi connectivity index (χ4n) is 2.94. The zero-order chi connectivity index (χ0) is 16.5. The number of anilines is 1. The average Bonchev–Trinajstić information content (AvgIpc) is 2.45. The van der Waals surface area contributed by atoms with E-state index >= 15 is 0 Å². The van der Waals surface area contributed by atoms with Gasteiger partial charge in [0.05, 0.1) is 24.5 Å². The van der Waals surface area contributed by atoms with Gasteiger partial charge in [-0.1, -0.05) is 6.08 Å². The summed E-state index contributed by atoms with van der Waals surface area (Å²) in [5.74, 6) is 0.460. The van der Waals surface area contributed by atoms with Crippen molar-refractivity contribution in [3.05, 3.63) is 29.8 Å². The summed E-state index contributed by atoms with van der Waals surface area (Å²) in [5, 5.41) is 0. The second-order valence-electron chi connectivity index (χ2n) is 5.72. The molecular weight excluding hydrogens is 326 g/mol. The minimum absolute atomic E-state index is 0.267. The Morgan fingerprint density at radius 3 is 2.55 bits per heavy atom. The van der Waals surface area contributed by atoms with Gasteiger partial charge in [-0.2, -0.15) is 12.2 Å². The van der Waals surface area contributed by atoms with E-state index < -0.39 is 10.1 Å². The quantitative estimate of drug-likeness (QED) is 0.820. The van der Waals surface area contributed by atoms with Crippen LogP contribution in [0.3, 0.4) is 0 Å². The number of halogens is 1. The molecule has 0 radical (unpaired) electrons. The molecule has 22 heavy (non-hydrogen) atoms. The van der Waals surface area contributed by atoms with E-state index in [0.717, 1.165) is 23.5 Å². The van der Waals surface area contributed by atoms with E-state index in [9.17, 15) is 8.42 Å². The maximum absolute atomic E-state index is 11.7. The Morgan fingerprint density at radius 1 is 1.32 bits per heavy atom. The highest BCUT2D eigenvalue weighted by molar-refractivity contribution is 7.87. The number of likely N-dealkylation sites (N-methyl/N-ethyl adjacent to an activating group) is 1. The lowest BCUT2D eigenvalue weighted by atomic mass is 9.88. The fraction of sp³-hybridized carbons (Fsp3) is 0.467. The zero-order valence-electron chi connectivity index (χ0n) is 13.1. The van der Waals surface area contributed by atoms with Gasteiger partial charge in [0, 0.05) is 23.9 Å². The summed E-state index contributed by atoms with van der Waals surface area (Å²) in [6, 6.07) is 5.59. The first-order valence-corrected chi connectivity index (χ1v) is 8.83. The van der Waals surface area contributed by atoms with Crippen molar-refractivity contribution >= 4 is 33.2 Å². The molecule has 2 rings (SSSR count). The van der Waals surface area contributed by atoms with Crippen molar-refractivity contribution in [3.8, 4) is 5.75 Å². The Bertz CT molecular complexity index is 697. The van der Waals surface area contributed by atoms with Gasteiger partial charge >= 0.3 is 0 Å². The Morgan fingerprint density at radius 2 is 2.00 bits per heavy atom. The molecule has 1 aromatic carbocycles. The van der Waals surface area contributed by atoms with Crippen molar-refractivity contribution in [1.82, 2.24) is 0 Å². The lowest BCUT2D eigenvalue weighted by molar-refractivity contribution is 0.414. The number of methoxy groups -OCH3 is 1. The normalized spacial score (nSPS) is 17.0. The molecule has 1 aliphatic rings. The molecular formula is C15H20ClNO4S. The van der Waals surface area contributed by atoms with E-state index in [-0.39, 0.29) is 11.3 Å². The van der Waals surface area contributed by atoms with Gasteiger partial charge in [-0.3, -0.25) is 0 Å². The first-order valence-electron chi connectivity index (χ1n) is 6.94. The van der Waals surface area contributed by atoms with Crippen molar-refractivity contribution in [2.24, 2.45) is 0 Å². The number of fused-ring (bicyclic) bond motifs is 1. The molecule has 7 heteroatoms. The Kier molecular flexibility index (Phi) is 4.75. The SMILES string of the molecule is CCN1c2cc(OC)ccc2C(CS(=O)(=O)OCl)=CC1(C)C. The molecule has 1 heterocycles. The highest BCUT2D eigenvalue weighted by atomic mass is 35.5. The number of hydrogen-bond donors (Lipinski definition) is 0.